The van der Waals surface area contributed by atoms with Gasteiger partial charge in [-0.3, -0.25) is 24.3 Å². The van der Waals surface area contributed by atoms with Crippen molar-refractivity contribution in [2.45, 2.75) is 19.9 Å². The molecule has 0 bridgehead atoms. The molecule has 0 radical (unpaired) electrons. The van der Waals surface area contributed by atoms with Gasteiger partial charge in [0.2, 0.25) is 5.91 Å². The highest BCUT2D eigenvalue weighted by atomic mass is 16.5. The van der Waals surface area contributed by atoms with Gasteiger partial charge in [0.05, 0.1) is 18.2 Å². The van der Waals surface area contributed by atoms with Crippen LogP contribution in [0.15, 0.2) is 78.6 Å². The molecule has 34 heavy (non-hydrogen) atoms. The quantitative estimate of drug-likeness (QED) is 0.328. The van der Waals surface area contributed by atoms with E-state index in [2.05, 4.69) is 10.3 Å². The highest BCUT2D eigenvalue weighted by molar-refractivity contribution is 6.51. The van der Waals surface area contributed by atoms with Crippen LogP contribution in [-0.2, 0) is 14.4 Å². The number of anilines is 2. The zero-order valence-electron chi connectivity index (χ0n) is 18.7. The molecule has 1 unspecified atom stereocenters. The highest BCUT2D eigenvalue weighted by Gasteiger charge is 2.47. The van der Waals surface area contributed by atoms with Gasteiger partial charge in [0.1, 0.15) is 11.5 Å². The van der Waals surface area contributed by atoms with Gasteiger partial charge < -0.3 is 15.2 Å². The number of nitrogens with one attached hydrogen (secondary N) is 1. The normalized spacial score (nSPS) is 17.0. The molecule has 0 spiro atoms. The fourth-order valence-electron chi connectivity index (χ4n) is 3.92. The van der Waals surface area contributed by atoms with E-state index in [4.69, 9.17) is 4.74 Å². The lowest BCUT2D eigenvalue weighted by Crippen LogP contribution is -2.29. The first-order chi connectivity index (χ1) is 16.4. The monoisotopic (exact) mass is 457 g/mol. The van der Waals surface area contributed by atoms with E-state index in [0.29, 0.717) is 34.9 Å². The second-order valence-corrected chi connectivity index (χ2v) is 7.64. The molecule has 3 aromatic rings. The number of carbonyl (C=O) groups is 3. The van der Waals surface area contributed by atoms with Crippen LogP contribution in [0.2, 0.25) is 0 Å². The number of Topliss-reactive ketones (excluding diaryl/α,β-unsaturated/α-hetero) is 1. The number of aliphatic hydroxyl groups excluding tert-OH is 1. The molecular formula is C26H23N3O5. The Hall–Kier alpha value is -4.46. The van der Waals surface area contributed by atoms with Crippen LogP contribution in [0.4, 0.5) is 11.4 Å². The third-order valence-corrected chi connectivity index (χ3v) is 5.35. The molecular weight excluding hydrogens is 434 g/mol. The highest BCUT2D eigenvalue weighted by Crippen LogP contribution is 2.42. The first kappa shape index (κ1) is 22.7. The van der Waals surface area contributed by atoms with Crippen molar-refractivity contribution in [1.29, 1.82) is 0 Å². The summed E-state index contributed by atoms with van der Waals surface area (Å²) >= 11 is 0. The summed E-state index contributed by atoms with van der Waals surface area (Å²) in [6, 6.07) is 15.8. The Morgan fingerprint density at radius 3 is 2.44 bits per heavy atom. The van der Waals surface area contributed by atoms with Gasteiger partial charge in [-0.1, -0.05) is 12.1 Å². The minimum absolute atomic E-state index is 0.0317. The number of amides is 2. The third-order valence-electron chi connectivity index (χ3n) is 5.35. The lowest BCUT2D eigenvalue weighted by Gasteiger charge is -2.25. The molecule has 8 heteroatoms. The summed E-state index contributed by atoms with van der Waals surface area (Å²) in [4.78, 5) is 43.1. The van der Waals surface area contributed by atoms with Crippen LogP contribution in [0, 0.1) is 0 Å². The predicted octanol–water partition coefficient (Wildman–Crippen LogP) is 4.07. The van der Waals surface area contributed by atoms with Crippen LogP contribution in [0.3, 0.4) is 0 Å². The van der Waals surface area contributed by atoms with Crippen LogP contribution in [0.5, 0.6) is 5.75 Å². The molecule has 1 atom stereocenters. The first-order valence-electron chi connectivity index (χ1n) is 10.7. The van der Waals surface area contributed by atoms with Gasteiger partial charge in [-0.15, -0.1) is 0 Å². The summed E-state index contributed by atoms with van der Waals surface area (Å²) in [5.41, 5.74) is 1.95. The number of aromatic nitrogens is 1. The molecule has 1 saturated heterocycles. The fraction of sp³-hybridized carbons (Fsp3) is 0.154. The van der Waals surface area contributed by atoms with E-state index in [1.54, 1.807) is 73.1 Å². The smallest absolute Gasteiger partial charge is 0.300 e. The predicted molar refractivity (Wildman–Crippen MR) is 127 cm³/mol. The fourth-order valence-corrected chi connectivity index (χ4v) is 3.92. The molecule has 1 aliphatic heterocycles. The number of ether oxygens (including phenoxy) is 1. The van der Waals surface area contributed by atoms with E-state index in [1.807, 2.05) is 6.92 Å². The second-order valence-electron chi connectivity index (χ2n) is 7.64. The van der Waals surface area contributed by atoms with E-state index in [9.17, 15) is 19.5 Å². The average Bonchev–Trinajstić information content (AvgIpc) is 3.10. The van der Waals surface area contributed by atoms with Gasteiger partial charge in [-0.2, -0.15) is 0 Å². The number of carbonyl (C=O) groups excluding carboxylic acids is 3. The second kappa shape index (κ2) is 9.58. The zero-order valence-corrected chi connectivity index (χ0v) is 18.7. The van der Waals surface area contributed by atoms with Crippen molar-refractivity contribution in [2.75, 3.05) is 16.8 Å². The molecule has 0 saturated carbocycles. The van der Waals surface area contributed by atoms with E-state index in [-0.39, 0.29) is 17.2 Å². The standard InChI is InChI=1S/C26H23N3O5/c1-3-34-21-6-4-5-18(15-21)24(31)22-23(17-11-13-27-14-12-17)29(26(33)25(22)32)20-9-7-19(8-10-20)28-16(2)30/h4-15,23,31H,3H2,1-2H3,(H,28,30)/b24-22-. The van der Waals surface area contributed by atoms with Crippen molar-refractivity contribution in [1.82, 2.24) is 4.98 Å². The molecule has 2 amide bonds. The number of rotatable bonds is 6. The van der Waals surface area contributed by atoms with Crippen molar-refractivity contribution < 1.29 is 24.2 Å². The number of ketones is 1. The lowest BCUT2D eigenvalue weighted by molar-refractivity contribution is -0.132. The lowest BCUT2D eigenvalue weighted by atomic mass is 9.95. The molecule has 1 aliphatic rings. The summed E-state index contributed by atoms with van der Waals surface area (Å²) in [6.45, 7) is 3.69. The Morgan fingerprint density at radius 1 is 1.09 bits per heavy atom. The van der Waals surface area contributed by atoms with Crippen LogP contribution in [0.25, 0.3) is 5.76 Å². The van der Waals surface area contributed by atoms with E-state index >= 15 is 0 Å². The Bertz CT molecular complexity index is 1270. The minimum atomic E-state index is -0.870. The molecule has 2 aromatic carbocycles. The number of nitrogens with zero attached hydrogens (tertiary/aromatic N) is 2. The maximum atomic E-state index is 13.2. The summed E-state index contributed by atoms with van der Waals surface area (Å²) in [5.74, 6) is -1.54. The van der Waals surface area contributed by atoms with Crippen LogP contribution < -0.4 is 15.0 Å². The maximum Gasteiger partial charge on any atom is 0.300 e. The Balaban J connectivity index is 1.85. The number of benzene rings is 2. The van der Waals surface area contributed by atoms with Gasteiger partial charge >= 0.3 is 0 Å². The van der Waals surface area contributed by atoms with Gasteiger partial charge in [0.25, 0.3) is 11.7 Å². The van der Waals surface area contributed by atoms with Crippen molar-refractivity contribution in [2.24, 2.45) is 0 Å². The van der Waals surface area contributed by atoms with Crippen molar-refractivity contribution >= 4 is 34.7 Å². The van der Waals surface area contributed by atoms with Crippen LogP contribution in [0.1, 0.15) is 31.0 Å². The molecule has 1 aromatic heterocycles. The summed E-state index contributed by atoms with van der Waals surface area (Å²) in [5, 5.41) is 13.9. The minimum Gasteiger partial charge on any atom is -0.507 e. The molecule has 0 aliphatic carbocycles. The van der Waals surface area contributed by atoms with Crippen LogP contribution >= 0.6 is 0 Å². The van der Waals surface area contributed by atoms with Gasteiger partial charge in [0.15, 0.2) is 0 Å². The Kier molecular flexibility index (Phi) is 6.40. The van der Waals surface area contributed by atoms with E-state index in [1.165, 1.54) is 11.8 Å². The molecule has 2 heterocycles. The molecule has 8 nitrogen and oxygen atoms in total. The van der Waals surface area contributed by atoms with E-state index in [0.717, 1.165) is 0 Å². The molecule has 172 valence electrons. The summed E-state index contributed by atoms with van der Waals surface area (Å²) in [6.07, 6.45) is 3.12. The summed E-state index contributed by atoms with van der Waals surface area (Å²) < 4.78 is 5.51. The van der Waals surface area contributed by atoms with Crippen molar-refractivity contribution in [3.8, 4) is 5.75 Å². The zero-order chi connectivity index (χ0) is 24.2. The molecule has 2 N–H and O–H groups in total. The average molecular weight is 457 g/mol. The van der Waals surface area contributed by atoms with Crippen molar-refractivity contribution in [3.63, 3.8) is 0 Å². The Morgan fingerprint density at radius 2 is 1.79 bits per heavy atom. The molecule has 4 rings (SSSR count). The van der Waals surface area contributed by atoms with Crippen LogP contribution in [-0.4, -0.2) is 34.3 Å². The number of pyridine rings is 1. The SMILES string of the molecule is CCOc1cccc(/C(O)=C2/C(=O)C(=O)N(c3ccc(NC(C)=O)cc3)C2c2ccncc2)c1. The van der Waals surface area contributed by atoms with Gasteiger partial charge in [0, 0.05) is 36.3 Å². The number of hydrogen-bond acceptors (Lipinski definition) is 6. The number of hydrogen-bond donors (Lipinski definition) is 2. The number of aliphatic hydroxyl groups is 1. The Labute approximate surface area is 196 Å². The molecule has 1 fully saturated rings. The van der Waals surface area contributed by atoms with Gasteiger partial charge in [-0.25, -0.2) is 0 Å². The topological polar surface area (TPSA) is 109 Å². The van der Waals surface area contributed by atoms with Crippen molar-refractivity contribution in [3.05, 3.63) is 89.8 Å². The third kappa shape index (κ3) is 4.38. The van der Waals surface area contributed by atoms with E-state index < -0.39 is 17.7 Å². The first-order valence-corrected chi connectivity index (χ1v) is 10.7. The summed E-state index contributed by atoms with van der Waals surface area (Å²) in [7, 11) is 0. The van der Waals surface area contributed by atoms with Gasteiger partial charge in [-0.05, 0) is 61.0 Å². The largest absolute Gasteiger partial charge is 0.507 e. The maximum absolute atomic E-state index is 13.2.